The van der Waals surface area contributed by atoms with Crippen molar-refractivity contribution in [1.29, 1.82) is 0 Å². The van der Waals surface area contributed by atoms with Crippen LogP contribution in [0.2, 0.25) is 5.02 Å². The summed E-state index contributed by atoms with van der Waals surface area (Å²) in [5.41, 5.74) is 1.70. The molecule has 0 bridgehead atoms. The number of hydrogen-bond donors (Lipinski definition) is 1. The maximum absolute atomic E-state index is 13.6. The average molecular weight is 461 g/mol. The Morgan fingerprint density at radius 3 is 2.61 bits per heavy atom. The minimum Gasteiger partial charge on any atom is -0.478 e. The summed E-state index contributed by atoms with van der Waals surface area (Å²) < 4.78 is 33.8. The van der Waals surface area contributed by atoms with Gasteiger partial charge >= 0.3 is 5.97 Å². The standard InChI is InChI=1S/C22H21ClN2O5S/c1-14(16-4-2-3-5-17(16)22(26)27)21-18-12-15(23)6-7-19(18)24-13-20(21)31(28,29)25-8-10-30-11-9-25/h2-7,12-14H,8-11H2,1H3,(H,26,27). The fourth-order valence-electron chi connectivity index (χ4n) is 3.97. The minimum absolute atomic E-state index is 0.0526. The number of pyridine rings is 1. The third-order valence-electron chi connectivity index (χ3n) is 5.51. The van der Waals surface area contributed by atoms with Gasteiger partial charge in [0.05, 0.1) is 24.3 Å². The van der Waals surface area contributed by atoms with Crippen molar-refractivity contribution in [1.82, 2.24) is 9.29 Å². The van der Waals surface area contributed by atoms with Gasteiger partial charge in [-0.05, 0) is 35.4 Å². The lowest BCUT2D eigenvalue weighted by molar-refractivity contribution is 0.0695. The second kappa shape index (κ2) is 8.55. The molecule has 2 aromatic carbocycles. The average Bonchev–Trinajstić information content (AvgIpc) is 2.78. The van der Waals surface area contributed by atoms with Crippen LogP contribution in [-0.4, -0.2) is 55.1 Å². The number of carboxylic acids is 1. The number of halogens is 1. The Labute approximate surface area is 185 Å². The third-order valence-corrected chi connectivity index (χ3v) is 7.67. The number of sulfonamides is 1. The Hall–Kier alpha value is -2.52. The van der Waals surface area contributed by atoms with Crippen molar-refractivity contribution in [3.05, 3.63) is 70.4 Å². The van der Waals surface area contributed by atoms with E-state index in [2.05, 4.69) is 4.98 Å². The first-order valence-electron chi connectivity index (χ1n) is 9.79. The first-order chi connectivity index (χ1) is 14.8. The number of aromatic nitrogens is 1. The summed E-state index contributed by atoms with van der Waals surface area (Å²) in [4.78, 5) is 16.2. The second-order valence-electron chi connectivity index (χ2n) is 7.33. The van der Waals surface area contributed by atoms with Gasteiger partial charge in [0, 0.05) is 35.6 Å². The maximum atomic E-state index is 13.6. The van der Waals surface area contributed by atoms with Crippen molar-refractivity contribution in [2.75, 3.05) is 26.3 Å². The number of nitrogens with zero attached hydrogens (tertiary/aromatic N) is 2. The van der Waals surface area contributed by atoms with Gasteiger partial charge < -0.3 is 9.84 Å². The Bertz CT molecular complexity index is 1260. The normalized spacial score (nSPS) is 16.3. The smallest absolute Gasteiger partial charge is 0.335 e. The fourth-order valence-corrected chi connectivity index (χ4v) is 5.80. The van der Waals surface area contributed by atoms with Crippen LogP contribution >= 0.6 is 11.6 Å². The van der Waals surface area contributed by atoms with Crippen LogP contribution in [0, 0.1) is 0 Å². The lowest BCUT2D eigenvalue weighted by atomic mass is 9.88. The molecule has 1 unspecified atom stereocenters. The number of hydrogen-bond acceptors (Lipinski definition) is 5. The van der Waals surface area contributed by atoms with Crippen LogP contribution in [0.25, 0.3) is 10.9 Å². The van der Waals surface area contributed by atoms with Gasteiger partial charge in [-0.15, -0.1) is 0 Å². The molecular formula is C22H21ClN2O5S. The first kappa shape index (κ1) is 21.7. The molecule has 0 spiro atoms. The van der Waals surface area contributed by atoms with E-state index in [1.165, 1.54) is 16.6 Å². The first-order valence-corrected chi connectivity index (χ1v) is 11.6. The van der Waals surface area contributed by atoms with Gasteiger partial charge in [0.25, 0.3) is 0 Å². The van der Waals surface area contributed by atoms with E-state index in [4.69, 9.17) is 16.3 Å². The van der Waals surface area contributed by atoms with Crippen molar-refractivity contribution < 1.29 is 23.1 Å². The summed E-state index contributed by atoms with van der Waals surface area (Å²) in [6.45, 7) is 2.93. The zero-order chi connectivity index (χ0) is 22.2. The largest absolute Gasteiger partial charge is 0.478 e. The Morgan fingerprint density at radius 2 is 1.90 bits per heavy atom. The fraction of sp³-hybridized carbons (Fsp3) is 0.273. The number of aromatic carboxylic acids is 1. The van der Waals surface area contributed by atoms with E-state index in [1.54, 1.807) is 43.3 Å². The van der Waals surface area contributed by atoms with E-state index in [-0.39, 0.29) is 23.5 Å². The highest BCUT2D eigenvalue weighted by Gasteiger charge is 2.32. The van der Waals surface area contributed by atoms with E-state index in [9.17, 15) is 18.3 Å². The molecule has 1 fully saturated rings. The second-order valence-corrected chi connectivity index (χ2v) is 9.67. The number of ether oxygens (including phenoxy) is 1. The van der Waals surface area contributed by atoms with Crippen molar-refractivity contribution >= 4 is 38.5 Å². The highest BCUT2D eigenvalue weighted by atomic mass is 35.5. The molecule has 162 valence electrons. The highest BCUT2D eigenvalue weighted by molar-refractivity contribution is 7.89. The monoisotopic (exact) mass is 460 g/mol. The summed E-state index contributed by atoms with van der Waals surface area (Å²) in [7, 11) is -3.88. The predicted octanol–water partition coefficient (Wildman–Crippen LogP) is 3.76. The SMILES string of the molecule is CC(c1ccccc1C(=O)O)c1c(S(=O)(=O)N2CCOCC2)cnc2ccc(Cl)cc12. The van der Waals surface area contributed by atoms with Gasteiger partial charge in [0.2, 0.25) is 10.0 Å². The van der Waals surface area contributed by atoms with Gasteiger partial charge in [-0.2, -0.15) is 4.31 Å². The van der Waals surface area contributed by atoms with Gasteiger partial charge in [0.1, 0.15) is 4.90 Å². The summed E-state index contributed by atoms with van der Waals surface area (Å²) in [5, 5.41) is 10.7. The molecule has 0 radical (unpaired) electrons. The Kier molecular flexibility index (Phi) is 5.98. The molecule has 1 aliphatic rings. The molecule has 1 aromatic heterocycles. The summed E-state index contributed by atoms with van der Waals surface area (Å²) >= 11 is 6.24. The molecular weight excluding hydrogens is 440 g/mol. The zero-order valence-corrected chi connectivity index (χ0v) is 18.4. The molecule has 4 rings (SSSR count). The highest BCUT2D eigenvalue weighted by Crippen LogP contribution is 2.38. The van der Waals surface area contributed by atoms with Gasteiger partial charge in [-0.3, -0.25) is 4.98 Å². The number of fused-ring (bicyclic) bond motifs is 1. The lowest BCUT2D eigenvalue weighted by Crippen LogP contribution is -2.41. The Morgan fingerprint density at radius 1 is 1.19 bits per heavy atom. The van der Waals surface area contributed by atoms with Crippen molar-refractivity contribution in [3.8, 4) is 0 Å². The van der Waals surface area contributed by atoms with E-state index in [1.807, 2.05) is 0 Å². The maximum Gasteiger partial charge on any atom is 0.335 e. The molecule has 7 nitrogen and oxygen atoms in total. The number of morpholine rings is 1. The molecule has 3 aromatic rings. The molecule has 2 heterocycles. The van der Waals surface area contributed by atoms with Crippen molar-refractivity contribution in [2.24, 2.45) is 0 Å². The molecule has 0 aliphatic carbocycles. The van der Waals surface area contributed by atoms with Gasteiger partial charge in [0.15, 0.2) is 0 Å². The number of rotatable bonds is 5. The molecule has 1 atom stereocenters. The molecule has 9 heteroatoms. The molecule has 1 N–H and O–H groups in total. The van der Waals surface area contributed by atoms with Crippen LogP contribution in [0.3, 0.4) is 0 Å². The van der Waals surface area contributed by atoms with E-state index >= 15 is 0 Å². The van der Waals surface area contributed by atoms with Crippen LogP contribution < -0.4 is 0 Å². The lowest BCUT2D eigenvalue weighted by Gasteiger charge is -2.28. The van der Waals surface area contributed by atoms with Gasteiger partial charge in [-0.1, -0.05) is 36.7 Å². The zero-order valence-electron chi connectivity index (χ0n) is 16.8. The topological polar surface area (TPSA) is 96.8 Å². The molecule has 0 saturated carbocycles. The number of carboxylic acid groups (broad SMARTS) is 1. The third kappa shape index (κ3) is 4.04. The molecule has 1 aliphatic heterocycles. The molecule has 31 heavy (non-hydrogen) atoms. The van der Waals surface area contributed by atoms with Crippen LogP contribution in [-0.2, 0) is 14.8 Å². The van der Waals surface area contributed by atoms with E-state index in [0.29, 0.717) is 40.3 Å². The summed E-state index contributed by atoms with van der Waals surface area (Å²) in [6, 6.07) is 11.7. The van der Waals surface area contributed by atoms with Crippen molar-refractivity contribution in [3.63, 3.8) is 0 Å². The summed E-state index contributed by atoms with van der Waals surface area (Å²) in [5.74, 6) is -1.61. The van der Waals surface area contributed by atoms with E-state index < -0.39 is 21.9 Å². The number of benzene rings is 2. The number of carbonyl (C=O) groups is 1. The Balaban J connectivity index is 1.99. The van der Waals surface area contributed by atoms with E-state index in [0.717, 1.165) is 0 Å². The minimum atomic E-state index is -3.88. The van der Waals surface area contributed by atoms with Crippen molar-refractivity contribution in [2.45, 2.75) is 17.7 Å². The molecule has 1 saturated heterocycles. The predicted molar refractivity (Wildman–Crippen MR) is 117 cm³/mol. The van der Waals surface area contributed by atoms with Gasteiger partial charge in [-0.25, -0.2) is 13.2 Å². The summed E-state index contributed by atoms with van der Waals surface area (Å²) in [6.07, 6.45) is 1.36. The van der Waals surface area contributed by atoms with Crippen LogP contribution in [0.5, 0.6) is 0 Å². The van der Waals surface area contributed by atoms with Crippen LogP contribution in [0.15, 0.2) is 53.6 Å². The molecule has 0 amide bonds. The van der Waals surface area contributed by atoms with Crippen LogP contribution in [0.4, 0.5) is 0 Å². The van der Waals surface area contributed by atoms with Crippen LogP contribution in [0.1, 0.15) is 34.3 Å². The quantitative estimate of drug-likeness (QED) is 0.622.